The van der Waals surface area contributed by atoms with Crippen molar-refractivity contribution in [2.45, 2.75) is 109 Å². The van der Waals surface area contributed by atoms with E-state index in [1.54, 1.807) is 19.1 Å². The lowest BCUT2D eigenvalue weighted by Gasteiger charge is -2.27. The summed E-state index contributed by atoms with van der Waals surface area (Å²) in [7, 11) is 0. The summed E-state index contributed by atoms with van der Waals surface area (Å²) in [5, 5.41) is 2.81. The molecule has 0 spiro atoms. The van der Waals surface area contributed by atoms with Gasteiger partial charge in [-0.25, -0.2) is 4.79 Å². The van der Waals surface area contributed by atoms with Gasteiger partial charge >= 0.3 is 11.9 Å². The Kier molecular flexibility index (Phi) is 16.3. The maximum atomic E-state index is 13.0. The van der Waals surface area contributed by atoms with Crippen molar-refractivity contribution in [1.29, 1.82) is 0 Å². The first-order valence-electron chi connectivity index (χ1n) is 14.8. The molecule has 0 aliphatic heterocycles. The summed E-state index contributed by atoms with van der Waals surface area (Å²) in [6.07, 6.45) is 12.5. The number of esters is 2. The van der Waals surface area contributed by atoms with E-state index < -0.39 is 24.1 Å². The Labute approximate surface area is 234 Å². The molecule has 0 fully saturated rings. The number of amides is 1. The molecule has 39 heavy (non-hydrogen) atoms. The highest BCUT2D eigenvalue weighted by molar-refractivity contribution is 5.85. The summed E-state index contributed by atoms with van der Waals surface area (Å²) < 4.78 is 11.1. The molecule has 6 nitrogen and oxygen atoms in total. The minimum absolute atomic E-state index is 0.0619. The van der Waals surface area contributed by atoms with E-state index >= 15 is 0 Å². The van der Waals surface area contributed by atoms with Crippen LogP contribution in [0.5, 0.6) is 0 Å². The molecule has 0 radical (unpaired) electrons. The van der Waals surface area contributed by atoms with Crippen LogP contribution < -0.4 is 5.32 Å². The van der Waals surface area contributed by atoms with Gasteiger partial charge in [0.1, 0.15) is 0 Å². The third-order valence-corrected chi connectivity index (χ3v) is 6.74. The first-order valence-corrected chi connectivity index (χ1v) is 14.8. The van der Waals surface area contributed by atoms with Gasteiger partial charge in [-0.3, -0.25) is 9.59 Å². The zero-order valence-corrected chi connectivity index (χ0v) is 23.9. The standard InChI is InChI=1S/C33H47NO5/c1-3-5-6-7-8-9-10-11-12-13-20-25-29(35)34-31(33(37)38-4-2)32(28-23-18-15-19-24-28)39-30(36)26-27-21-16-14-17-22-27/h14-19,21-24,31-32H,3-13,20,25-26H2,1-2H3,(H,34,35)/t31-,32+/m1/s1. The van der Waals surface area contributed by atoms with E-state index in [1.807, 2.05) is 48.5 Å². The van der Waals surface area contributed by atoms with Crippen molar-refractivity contribution in [2.24, 2.45) is 0 Å². The van der Waals surface area contributed by atoms with Crippen LogP contribution in [0.2, 0.25) is 0 Å². The van der Waals surface area contributed by atoms with Gasteiger partial charge in [0.25, 0.3) is 0 Å². The largest absolute Gasteiger partial charge is 0.464 e. The van der Waals surface area contributed by atoms with E-state index in [2.05, 4.69) is 12.2 Å². The van der Waals surface area contributed by atoms with Crippen LogP contribution in [-0.4, -0.2) is 30.5 Å². The van der Waals surface area contributed by atoms with Crippen LogP contribution >= 0.6 is 0 Å². The van der Waals surface area contributed by atoms with E-state index in [4.69, 9.17) is 9.47 Å². The molecule has 0 heterocycles. The number of ether oxygens (including phenoxy) is 2. The first kappa shape index (κ1) is 32.1. The molecule has 2 aromatic carbocycles. The van der Waals surface area contributed by atoms with E-state index in [1.165, 1.54) is 51.4 Å². The fourth-order valence-corrected chi connectivity index (χ4v) is 4.60. The number of carbonyl (C=O) groups excluding carboxylic acids is 3. The number of benzene rings is 2. The van der Waals surface area contributed by atoms with Crippen LogP contribution in [0.25, 0.3) is 0 Å². The van der Waals surface area contributed by atoms with Crippen LogP contribution in [-0.2, 0) is 30.3 Å². The SMILES string of the molecule is CCCCCCCCCCCCCC(=O)N[C@@H](C(=O)OCC)[C@@H](OC(=O)Cc1ccccc1)c1ccccc1. The highest BCUT2D eigenvalue weighted by Crippen LogP contribution is 2.24. The molecule has 2 aromatic rings. The molecule has 2 atom stereocenters. The molecule has 1 amide bonds. The quantitative estimate of drug-likeness (QED) is 0.142. The maximum Gasteiger partial charge on any atom is 0.332 e. The predicted octanol–water partition coefficient (Wildman–Crippen LogP) is 7.26. The molecule has 0 saturated carbocycles. The highest BCUT2D eigenvalue weighted by Gasteiger charge is 2.35. The highest BCUT2D eigenvalue weighted by atomic mass is 16.6. The Hall–Kier alpha value is -3.15. The second-order valence-corrected chi connectivity index (χ2v) is 10.1. The molecule has 214 valence electrons. The van der Waals surface area contributed by atoms with Crippen molar-refractivity contribution in [3.05, 3.63) is 71.8 Å². The second kappa shape index (κ2) is 19.9. The Morgan fingerprint density at radius 2 is 1.26 bits per heavy atom. The molecule has 2 rings (SSSR count). The first-order chi connectivity index (χ1) is 19.0. The molecular formula is C33H47NO5. The van der Waals surface area contributed by atoms with Crippen LogP contribution in [0, 0.1) is 0 Å². The third kappa shape index (κ3) is 13.5. The minimum atomic E-state index is -1.13. The van der Waals surface area contributed by atoms with Gasteiger partial charge in [0.2, 0.25) is 5.91 Å². The summed E-state index contributed by atoms with van der Waals surface area (Å²) in [6.45, 7) is 4.10. The normalized spacial score (nSPS) is 12.4. The summed E-state index contributed by atoms with van der Waals surface area (Å²) in [5.41, 5.74) is 1.43. The number of hydrogen-bond acceptors (Lipinski definition) is 5. The summed E-state index contributed by atoms with van der Waals surface area (Å²) in [4.78, 5) is 38.7. The van der Waals surface area contributed by atoms with Crippen LogP contribution in [0.3, 0.4) is 0 Å². The second-order valence-electron chi connectivity index (χ2n) is 10.1. The lowest BCUT2D eigenvalue weighted by atomic mass is 10.0. The molecule has 1 N–H and O–H groups in total. The summed E-state index contributed by atoms with van der Waals surface area (Å²) >= 11 is 0. The Morgan fingerprint density at radius 3 is 1.82 bits per heavy atom. The van der Waals surface area contributed by atoms with E-state index in [-0.39, 0.29) is 18.9 Å². The van der Waals surface area contributed by atoms with Gasteiger partial charge in [-0.2, -0.15) is 0 Å². The van der Waals surface area contributed by atoms with Gasteiger partial charge in [0, 0.05) is 6.42 Å². The van der Waals surface area contributed by atoms with Gasteiger partial charge in [0.15, 0.2) is 12.1 Å². The van der Waals surface area contributed by atoms with E-state index in [0.29, 0.717) is 12.0 Å². The monoisotopic (exact) mass is 537 g/mol. The predicted molar refractivity (Wildman–Crippen MR) is 155 cm³/mol. The van der Waals surface area contributed by atoms with Crippen molar-refractivity contribution in [2.75, 3.05) is 6.61 Å². The minimum Gasteiger partial charge on any atom is -0.464 e. The van der Waals surface area contributed by atoms with Crippen LogP contribution in [0.15, 0.2) is 60.7 Å². The molecule has 0 bridgehead atoms. The lowest BCUT2D eigenvalue weighted by Crippen LogP contribution is -2.47. The van der Waals surface area contributed by atoms with Crippen molar-refractivity contribution < 1.29 is 23.9 Å². The molecule has 0 unspecified atom stereocenters. The Morgan fingerprint density at radius 1 is 0.718 bits per heavy atom. The average Bonchev–Trinajstić information content (AvgIpc) is 2.94. The summed E-state index contributed by atoms with van der Waals surface area (Å²) in [6, 6.07) is 17.2. The number of rotatable bonds is 20. The number of nitrogens with one attached hydrogen (secondary N) is 1. The molecule has 6 heteroatoms. The van der Waals surface area contributed by atoms with Gasteiger partial charge < -0.3 is 14.8 Å². The molecule has 0 saturated heterocycles. The van der Waals surface area contributed by atoms with Crippen molar-refractivity contribution in [1.82, 2.24) is 5.32 Å². The third-order valence-electron chi connectivity index (χ3n) is 6.74. The summed E-state index contributed by atoms with van der Waals surface area (Å²) in [5.74, 6) is -1.35. The number of hydrogen-bond donors (Lipinski definition) is 1. The van der Waals surface area contributed by atoms with E-state index in [9.17, 15) is 14.4 Å². The van der Waals surface area contributed by atoms with E-state index in [0.717, 1.165) is 24.8 Å². The number of carbonyl (C=O) groups is 3. The molecule has 0 aromatic heterocycles. The van der Waals surface area contributed by atoms with Crippen LogP contribution in [0.1, 0.15) is 108 Å². The topological polar surface area (TPSA) is 81.7 Å². The van der Waals surface area contributed by atoms with Crippen LogP contribution in [0.4, 0.5) is 0 Å². The van der Waals surface area contributed by atoms with Gasteiger partial charge in [-0.15, -0.1) is 0 Å². The Balaban J connectivity index is 1.92. The molecular weight excluding hydrogens is 490 g/mol. The fraction of sp³-hybridized carbons (Fsp3) is 0.545. The van der Waals surface area contributed by atoms with Crippen molar-refractivity contribution in [3.63, 3.8) is 0 Å². The zero-order chi connectivity index (χ0) is 28.1. The molecule has 0 aliphatic rings. The van der Waals surface area contributed by atoms with Gasteiger partial charge in [-0.1, -0.05) is 132 Å². The Bertz CT molecular complexity index is 947. The van der Waals surface area contributed by atoms with Gasteiger partial charge in [0.05, 0.1) is 13.0 Å². The maximum absolute atomic E-state index is 13.0. The fourth-order valence-electron chi connectivity index (χ4n) is 4.60. The molecule has 0 aliphatic carbocycles. The zero-order valence-electron chi connectivity index (χ0n) is 23.9. The average molecular weight is 538 g/mol. The van der Waals surface area contributed by atoms with Gasteiger partial charge in [-0.05, 0) is 24.5 Å². The smallest absolute Gasteiger partial charge is 0.332 e. The lowest BCUT2D eigenvalue weighted by molar-refractivity contribution is -0.160. The number of unbranched alkanes of at least 4 members (excludes halogenated alkanes) is 10. The van der Waals surface area contributed by atoms with Crippen molar-refractivity contribution >= 4 is 17.8 Å². The van der Waals surface area contributed by atoms with Crippen molar-refractivity contribution in [3.8, 4) is 0 Å².